The first-order valence-corrected chi connectivity index (χ1v) is 21.9. The van der Waals surface area contributed by atoms with E-state index in [4.69, 9.17) is 19.9 Å². The van der Waals surface area contributed by atoms with Crippen LogP contribution in [0.4, 0.5) is 0 Å². The van der Waals surface area contributed by atoms with Crippen LogP contribution in [-0.2, 0) is 0 Å². The van der Waals surface area contributed by atoms with Crippen molar-refractivity contribution in [2.45, 2.75) is 0 Å². The molecule has 63 heavy (non-hydrogen) atoms. The Morgan fingerprint density at radius 1 is 0.333 bits per heavy atom. The number of thiophene rings is 1. The van der Waals surface area contributed by atoms with Crippen molar-refractivity contribution >= 4 is 75.3 Å². The average Bonchev–Trinajstić information content (AvgIpc) is 4.01. The molecule has 0 aliphatic heterocycles. The summed E-state index contributed by atoms with van der Waals surface area (Å²) in [5.74, 6) is 1.85. The Balaban J connectivity index is 0.920. The average molecular weight is 823 g/mol. The normalized spacial score (nSPS) is 11.8. The third-order valence-electron chi connectivity index (χ3n) is 12.2. The minimum atomic E-state index is 0.581. The number of aromatic nitrogens is 6. The fraction of sp³-hybridized carbons (Fsp3) is 0. The van der Waals surface area contributed by atoms with Gasteiger partial charge in [-0.3, -0.25) is 9.55 Å². The molecule has 5 aromatic heterocycles. The van der Waals surface area contributed by atoms with Crippen molar-refractivity contribution < 1.29 is 0 Å². The van der Waals surface area contributed by atoms with Crippen LogP contribution in [-0.4, -0.2) is 29.1 Å². The lowest BCUT2D eigenvalue weighted by molar-refractivity contribution is 0.953. The van der Waals surface area contributed by atoms with Crippen molar-refractivity contribution in [2.24, 2.45) is 0 Å². The molecule has 294 valence electrons. The summed E-state index contributed by atoms with van der Waals surface area (Å²) < 4.78 is 7.03. The molecule has 5 heterocycles. The third-order valence-corrected chi connectivity index (χ3v) is 13.4. The second-order valence-corrected chi connectivity index (χ2v) is 17.0. The SMILES string of the molecule is c1ccc(-c2nc(-c3ccccc3)nc(-n3c4ccccc4c4cc(-c5cccc(-c6ccc7c(c6)c6ccccc6n7-c6ccc7sc8cccnc8c7c6)c5)ccc43)n2)cc1. The second kappa shape index (κ2) is 14.2. The maximum absolute atomic E-state index is 5.11. The van der Waals surface area contributed by atoms with E-state index >= 15 is 0 Å². The summed E-state index contributed by atoms with van der Waals surface area (Å²) in [5.41, 5.74) is 13.1. The van der Waals surface area contributed by atoms with Crippen molar-refractivity contribution in [1.29, 1.82) is 0 Å². The quantitative estimate of drug-likeness (QED) is 0.168. The van der Waals surface area contributed by atoms with Gasteiger partial charge in [-0.15, -0.1) is 11.3 Å². The Bertz CT molecular complexity index is 3860. The van der Waals surface area contributed by atoms with Crippen molar-refractivity contribution in [3.63, 3.8) is 0 Å². The molecule has 0 amide bonds. The predicted octanol–water partition coefficient (Wildman–Crippen LogP) is 14.5. The van der Waals surface area contributed by atoms with E-state index in [9.17, 15) is 0 Å². The molecule has 6 nitrogen and oxygen atoms in total. The van der Waals surface area contributed by atoms with Gasteiger partial charge in [0.1, 0.15) is 0 Å². The van der Waals surface area contributed by atoms with Crippen molar-refractivity contribution in [2.75, 3.05) is 0 Å². The minimum absolute atomic E-state index is 0.581. The number of benzene rings is 8. The lowest BCUT2D eigenvalue weighted by Gasteiger charge is -2.11. The lowest BCUT2D eigenvalue weighted by atomic mass is 9.97. The van der Waals surface area contributed by atoms with Gasteiger partial charge in [-0.1, -0.05) is 127 Å². The highest BCUT2D eigenvalue weighted by Crippen LogP contribution is 2.40. The fourth-order valence-corrected chi connectivity index (χ4v) is 10.3. The first kappa shape index (κ1) is 35.5. The van der Waals surface area contributed by atoms with Crippen LogP contribution in [0, 0.1) is 0 Å². The van der Waals surface area contributed by atoms with Gasteiger partial charge < -0.3 is 4.57 Å². The molecule has 0 bridgehead atoms. The summed E-state index contributed by atoms with van der Waals surface area (Å²) in [7, 11) is 0. The zero-order chi connectivity index (χ0) is 41.4. The van der Waals surface area contributed by atoms with Crippen LogP contribution in [0.15, 0.2) is 206 Å². The van der Waals surface area contributed by atoms with Gasteiger partial charge in [0.05, 0.1) is 32.3 Å². The van der Waals surface area contributed by atoms with E-state index in [2.05, 4.69) is 143 Å². The Morgan fingerprint density at radius 2 is 0.873 bits per heavy atom. The van der Waals surface area contributed by atoms with Crippen LogP contribution in [0.5, 0.6) is 0 Å². The summed E-state index contributed by atoms with van der Waals surface area (Å²) in [6.07, 6.45) is 1.89. The molecule has 8 aromatic carbocycles. The van der Waals surface area contributed by atoms with Gasteiger partial charge in [-0.2, -0.15) is 9.97 Å². The second-order valence-electron chi connectivity index (χ2n) is 15.9. The Morgan fingerprint density at radius 3 is 1.52 bits per heavy atom. The number of fused-ring (bicyclic) bond motifs is 9. The molecule has 0 atom stereocenters. The molecule has 0 fully saturated rings. The van der Waals surface area contributed by atoms with E-state index in [0.29, 0.717) is 17.6 Å². The van der Waals surface area contributed by atoms with Crippen molar-refractivity contribution in [3.8, 4) is 56.7 Å². The number of hydrogen-bond donors (Lipinski definition) is 0. The Hall–Kier alpha value is -8.26. The number of nitrogens with zero attached hydrogens (tertiary/aromatic N) is 6. The molecule has 0 saturated carbocycles. The maximum atomic E-state index is 5.11. The van der Waals surface area contributed by atoms with Gasteiger partial charge in [0.15, 0.2) is 11.6 Å². The summed E-state index contributed by atoms with van der Waals surface area (Å²) in [4.78, 5) is 19.9. The molecule has 0 aliphatic rings. The Labute approximate surface area is 365 Å². The molecule has 0 radical (unpaired) electrons. The lowest BCUT2D eigenvalue weighted by Crippen LogP contribution is -2.06. The molecule has 7 heteroatoms. The zero-order valence-electron chi connectivity index (χ0n) is 33.7. The monoisotopic (exact) mass is 822 g/mol. The van der Waals surface area contributed by atoms with Gasteiger partial charge in [0, 0.05) is 54.6 Å². The molecular weight excluding hydrogens is 789 g/mol. The van der Waals surface area contributed by atoms with E-state index in [-0.39, 0.29) is 0 Å². The molecule has 0 spiro atoms. The highest BCUT2D eigenvalue weighted by atomic mass is 32.1. The van der Waals surface area contributed by atoms with Crippen LogP contribution in [0.3, 0.4) is 0 Å². The van der Waals surface area contributed by atoms with Crippen LogP contribution >= 0.6 is 11.3 Å². The summed E-state index contributed by atoms with van der Waals surface area (Å²) in [6, 6.07) is 71.0. The van der Waals surface area contributed by atoms with Crippen LogP contribution < -0.4 is 0 Å². The van der Waals surface area contributed by atoms with Gasteiger partial charge in [0.25, 0.3) is 0 Å². The Kier molecular flexibility index (Phi) is 7.98. The molecule has 0 aliphatic carbocycles. The highest BCUT2D eigenvalue weighted by Gasteiger charge is 2.19. The third kappa shape index (κ3) is 5.78. The summed E-state index contributed by atoms with van der Waals surface area (Å²) in [5, 5.41) is 5.91. The number of pyridine rings is 1. The molecule has 0 N–H and O–H groups in total. The first-order valence-electron chi connectivity index (χ1n) is 21.0. The first-order chi connectivity index (χ1) is 31.2. The molecular formula is C56H34N6S. The minimum Gasteiger partial charge on any atom is -0.309 e. The largest absolute Gasteiger partial charge is 0.309 e. The summed E-state index contributed by atoms with van der Waals surface area (Å²) in [6.45, 7) is 0. The number of para-hydroxylation sites is 2. The highest BCUT2D eigenvalue weighted by molar-refractivity contribution is 7.25. The smallest absolute Gasteiger partial charge is 0.238 e. The van der Waals surface area contributed by atoms with Crippen molar-refractivity contribution in [3.05, 3.63) is 206 Å². The number of hydrogen-bond acceptors (Lipinski definition) is 5. The zero-order valence-corrected chi connectivity index (χ0v) is 34.5. The molecule has 0 unspecified atom stereocenters. The van der Waals surface area contributed by atoms with Gasteiger partial charge >= 0.3 is 0 Å². The van der Waals surface area contributed by atoms with Gasteiger partial charge in [0.2, 0.25) is 5.95 Å². The standard InChI is InChI=1S/C56H34N6S/c1-3-13-35(14-4-1)54-58-55(36-15-5-2-6-16-36)60-56(59-54)62-48-22-10-8-20-43(48)45-33-40(25-28-50(45)62)38-18-11-17-37(31-38)39-24-27-49-44(32-39)42-19-7-9-21-47(42)61(49)41-26-29-51-46(34-41)53-52(63-51)23-12-30-57-53/h1-34H. The number of rotatable bonds is 6. The van der Waals surface area contributed by atoms with Crippen molar-refractivity contribution in [1.82, 2.24) is 29.1 Å². The van der Waals surface area contributed by atoms with Gasteiger partial charge in [-0.25, -0.2) is 4.98 Å². The molecule has 13 rings (SSSR count). The molecule has 0 saturated heterocycles. The maximum Gasteiger partial charge on any atom is 0.238 e. The fourth-order valence-electron chi connectivity index (χ4n) is 9.30. The summed E-state index contributed by atoms with van der Waals surface area (Å²) >= 11 is 1.79. The van der Waals surface area contributed by atoms with Crippen LogP contribution in [0.1, 0.15) is 0 Å². The predicted molar refractivity (Wildman–Crippen MR) is 261 cm³/mol. The molecule has 13 aromatic rings. The van der Waals surface area contributed by atoms with E-state index < -0.39 is 0 Å². The van der Waals surface area contributed by atoms with Gasteiger partial charge in [-0.05, 0) is 95.1 Å². The van der Waals surface area contributed by atoms with E-state index in [1.165, 1.54) is 42.2 Å². The van der Waals surface area contributed by atoms with E-state index in [1.807, 2.05) is 72.9 Å². The van der Waals surface area contributed by atoms with Crippen LogP contribution in [0.25, 0.3) is 121 Å². The van der Waals surface area contributed by atoms with E-state index in [1.54, 1.807) is 11.3 Å². The topological polar surface area (TPSA) is 61.4 Å². The van der Waals surface area contributed by atoms with E-state index in [0.717, 1.165) is 60.8 Å². The van der Waals surface area contributed by atoms with Crippen LogP contribution in [0.2, 0.25) is 0 Å².